The molecular formula is C19H23ClN2O2. The second-order valence-electron chi connectivity index (χ2n) is 5.73. The van der Waals surface area contributed by atoms with Crippen LogP contribution in [0.2, 0.25) is 5.02 Å². The molecule has 0 aromatic heterocycles. The fraction of sp³-hybridized carbons (Fsp3) is 0.316. The average Bonchev–Trinajstić information content (AvgIpc) is 2.60. The van der Waals surface area contributed by atoms with Crippen LogP contribution in [0.1, 0.15) is 31.0 Å². The number of rotatable bonds is 7. The third-order valence-corrected chi connectivity index (χ3v) is 4.14. The molecule has 0 heterocycles. The number of methoxy groups -OCH3 is 1. The van der Waals surface area contributed by atoms with Crippen molar-refractivity contribution in [2.24, 2.45) is 0 Å². The molecule has 0 spiro atoms. The lowest BCUT2D eigenvalue weighted by Crippen LogP contribution is -2.42. The van der Waals surface area contributed by atoms with Gasteiger partial charge in [-0.1, -0.05) is 35.9 Å². The zero-order valence-electron chi connectivity index (χ0n) is 14.2. The molecule has 4 nitrogen and oxygen atoms in total. The van der Waals surface area contributed by atoms with Gasteiger partial charge in [-0.2, -0.15) is 0 Å². The van der Waals surface area contributed by atoms with Gasteiger partial charge >= 0.3 is 0 Å². The highest BCUT2D eigenvalue weighted by atomic mass is 35.5. The van der Waals surface area contributed by atoms with Gasteiger partial charge in [0.05, 0.1) is 13.2 Å². The van der Waals surface area contributed by atoms with Crippen molar-refractivity contribution in [2.45, 2.75) is 32.5 Å². The Labute approximate surface area is 148 Å². The van der Waals surface area contributed by atoms with E-state index in [1.165, 1.54) is 0 Å². The Balaban J connectivity index is 1.83. The van der Waals surface area contributed by atoms with Gasteiger partial charge < -0.3 is 10.1 Å². The predicted molar refractivity (Wildman–Crippen MR) is 97.3 cm³/mol. The number of hydrogen-bond donors (Lipinski definition) is 2. The smallest absolute Gasteiger partial charge is 0.237 e. The molecule has 0 saturated heterocycles. The molecule has 0 aliphatic heterocycles. The Morgan fingerprint density at radius 2 is 1.71 bits per heavy atom. The lowest BCUT2D eigenvalue weighted by molar-refractivity contribution is -0.123. The number of halogens is 1. The van der Waals surface area contributed by atoms with Gasteiger partial charge in [0.2, 0.25) is 5.91 Å². The molecule has 5 heteroatoms. The molecule has 24 heavy (non-hydrogen) atoms. The molecule has 128 valence electrons. The van der Waals surface area contributed by atoms with Crippen LogP contribution < -0.4 is 15.4 Å². The zero-order chi connectivity index (χ0) is 17.5. The van der Waals surface area contributed by atoms with Crippen molar-refractivity contribution < 1.29 is 9.53 Å². The van der Waals surface area contributed by atoms with Crippen LogP contribution in [0.5, 0.6) is 5.75 Å². The first kappa shape index (κ1) is 18.3. The molecule has 0 bridgehead atoms. The van der Waals surface area contributed by atoms with E-state index in [2.05, 4.69) is 10.6 Å². The summed E-state index contributed by atoms with van der Waals surface area (Å²) in [6, 6.07) is 15.0. The Bertz CT molecular complexity index is 656. The highest BCUT2D eigenvalue weighted by molar-refractivity contribution is 6.30. The highest BCUT2D eigenvalue weighted by Gasteiger charge is 2.16. The minimum Gasteiger partial charge on any atom is -0.497 e. The van der Waals surface area contributed by atoms with Crippen molar-refractivity contribution >= 4 is 17.5 Å². The summed E-state index contributed by atoms with van der Waals surface area (Å²) < 4.78 is 5.12. The lowest BCUT2D eigenvalue weighted by Gasteiger charge is -2.20. The van der Waals surface area contributed by atoms with Crippen LogP contribution in [-0.2, 0) is 11.3 Å². The van der Waals surface area contributed by atoms with E-state index in [1.54, 1.807) is 7.11 Å². The zero-order valence-corrected chi connectivity index (χ0v) is 14.9. The Morgan fingerprint density at radius 3 is 2.29 bits per heavy atom. The van der Waals surface area contributed by atoms with Crippen molar-refractivity contribution in [3.8, 4) is 5.75 Å². The highest BCUT2D eigenvalue weighted by Crippen LogP contribution is 2.16. The molecule has 2 aromatic carbocycles. The van der Waals surface area contributed by atoms with E-state index in [0.717, 1.165) is 16.9 Å². The Kier molecular flexibility index (Phi) is 6.64. The number of carbonyl (C=O) groups is 1. The fourth-order valence-corrected chi connectivity index (χ4v) is 2.51. The van der Waals surface area contributed by atoms with E-state index in [0.29, 0.717) is 11.6 Å². The van der Waals surface area contributed by atoms with Crippen molar-refractivity contribution in [1.82, 2.24) is 10.6 Å². The molecule has 1 amide bonds. The summed E-state index contributed by atoms with van der Waals surface area (Å²) in [5.41, 5.74) is 2.12. The number of nitrogens with one attached hydrogen (secondary N) is 2. The maximum atomic E-state index is 12.2. The van der Waals surface area contributed by atoms with Gasteiger partial charge in [-0.3, -0.25) is 10.1 Å². The molecule has 2 atom stereocenters. The largest absolute Gasteiger partial charge is 0.497 e. The molecule has 0 radical (unpaired) electrons. The van der Waals surface area contributed by atoms with E-state index >= 15 is 0 Å². The SMILES string of the molecule is COc1ccc(CNC(=O)[C@H](C)N[C@@H](C)c2ccc(Cl)cc2)cc1. The molecule has 2 aromatic rings. The summed E-state index contributed by atoms with van der Waals surface area (Å²) in [6.45, 7) is 4.37. The van der Waals surface area contributed by atoms with Crippen LogP contribution in [0.25, 0.3) is 0 Å². The lowest BCUT2D eigenvalue weighted by atomic mass is 10.1. The summed E-state index contributed by atoms with van der Waals surface area (Å²) in [6.07, 6.45) is 0. The Morgan fingerprint density at radius 1 is 1.08 bits per heavy atom. The van der Waals surface area contributed by atoms with E-state index in [1.807, 2.05) is 62.4 Å². The standard InChI is InChI=1S/C19H23ClN2O2/c1-13(16-6-8-17(20)9-7-16)22-14(2)19(23)21-12-15-4-10-18(24-3)11-5-15/h4-11,13-14,22H,12H2,1-3H3,(H,21,23)/t13-,14-/m0/s1. The van der Waals surface area contributed by atoms with Crippen LogP contribution >= 0.6 is 11.6 Å². The van der Waals surface area contributed by atoms with Gasteiger partial charge in [-0.25, -0.2) is 0 Å². The number of hydrogen-bond acceptors (Lipinski definition) is 3. The van der Waals surface area contributed by atoms with Crippen LogP contribution in [0.3, 0.4) is 0 Å². The molecule has 0 fully saturated rings. The van der Waals surface area contributed by atoms with Crippen LogP contribution in [0, 0.1) is 0 Å². The third kappa shape index (κ3) is 5.25. The monoisotopic (exact) mass is 346 g/mol. The normalized spacial score (nSPS) is 13.2. The molecule has 2 rings (SSSR count). The first-order valence-corrected chi connectivity index (χ1v) is 8.29. The summed E-state index contributed by atoms with van der Waals surface area (Å²) in [5, 5.41) is 6.94. The first-order chi connectivity index (χ1) is 11.5. The predicted octanol–water partition coefficient (Wildman–Crippen LogP) is 3.70. The average molecular weight is 347 g/mol. The first-order valence-electron chi connectivity index (χ1n) is 7.91. The second kappa shape index (κ2) is 8.71. The molecule has 2 N–H and O–H groups in total. The quantitative estimate of drug-likeness (QED) is 0.803. The van der Waals surface area contributed by atoms with Crippen LogP contribution in [0.15, 0.2) is 48.5 Å². The van der Waals surface area contributed by atoms with E-state index in [4.69, 9.17) is 16.3 Å². The van der Waals surface area contributed by atoms with Crippen LogP contribution in [-0.4, -0.2) is 19.1 Å². The number of carbonyl (C=O) groups excluding carboxylic acids is 1. The van der Waals surface area contributed by atoms with Crippen molar-refractivity contribution in [3.63, 3.8) is 0 Å². The van der Waals surface area contributed by atoms with Gasteiger partial charge in [0.1, 0.15) is 5.75 Å². The van der Waals surface area contributed by atoms with Crippen molar-refractivity contribution in [2.75, 3.05) is 7.11 Å². The van der Waals surface area contributed by atoms with Crippen molar-refractivity contribution in [1.29, 1.82) is 0 Å². The maximum absolute atomic E-state index is 12.2. The Hall–Kier alpha value is -2.04. The molecular weight excluding hydrogens is 324 g/mol. The minimum absolute atomic E-state index is 0.0355. The summed E-state index contributed by atoms with van der Waals surface area (Å²) in [4.78, 5) is 12.2. The van der Waals surface area contributed by atoms with E-state index in [9.17, 15) is 4.79 Å². The molecule has 0 unspecified atom stereocenters. The minimum atomic E-state index is -0.297. The molecule has 0 aliphatic carbocycles. The van der Waals surface area contributed by atoms with Gasteiger partial charge in [0, 0.05) is 17.6 Å². The van der Waals surface area contributed by atoms with E-state index < -0.39 is 0 Å². The van der Waals surface area contributed by atoms with Gasteiger partial charge in [0.25, 0.3) is 0 Å². The third-order valence-electron chi connectivity index (χ3n) is 3.89. The van der Waals surface area contributed by atoms with Gasteiger partial charge in [0.15, 0.2) is 0 Å². The summed E-state index contributed by atoms with van der Waals surface area (Å²) in [5.74, 6) is 0.767. The summed E-state index contributed by atoms with van der Waals surface area (Å²) in [7, 11) is 1.63. The van der Waals surface area contributed by atoms with E-state index in [-0.39, 0.29) is 18.0 Å². The number of ether oxygens (including phenoxy) is 1. The van der Waals surface area contributed by atoms with Gasteiger partial charge in [-0.15, -0.1) is 0 Å². The summed E-state index contributed by atoms with van der Waals surface area (Å²) >= 11 is 5.90. The van der Waals surface area contributed by atoms with Crippen LogP contribution in [0.4, 0.5) is 0 Å². The topological polar surface area (TPSA) is 50.4 Å². The number of benzene rings is 2. The number of amides is 1. The molecule has 0 saturated carbocycles. The molecule has 0 aliphatic rings. The van der Waals surface area contributed by atoms with Gasteiger partial charge in [-0.05, 0) is 49.2 Å². The van der Waals surface area contributed by atoms with Crippen molar-refractivity contribution in [3.05, 3.63) is 64.7 Å². The maximum Gasteiger partial charge on any atom is 0.237 e. The second-order valence-corrected chi connectivity index (χ2v) is 6.16. The fourth-order valence-electron chi connectivity index (χ4n) is 2.38.